The van der Waals surface area contributed by atoms with Crippen molar-refractivity contribution in [2.75, 3.05) is 7.05 Å². The van der Waals surface area contributed by atoms with E-state index >= 15 is 0 Å². The monoisotopic (exact) mass is 235 g/mol. The highest BCUT2D eigenvalue weighted by Gasteiger charge is 2.30. The molecule has 1 heterocycles. The Hall–Kier alpha value is -1.04. The summed E-state index contributed by atoms with van der Waals surface area (Å²) in [5.41, 5.74) is 2.05. The molecule has 0 saturated carbocycles. The first kappa shape index (κ1) is 13.0. The van der Waals surface area contributed by atoms with Crippen LogP contribution < -0.4 is 5.32 Å². The Morgan fingerprint density at radius 2 is 1.94 bits per heavy atom. The lowest BCUT2D eigenvalue weighted by Gasteiger charge is -2.12. The maximum absolute atomic E-state index is 12.3. The number of aromatic nitrogens is 2. The van der Waals surface area contributed by atoms with Crippen LogP contribution in [0.5, 0.6) is 0 Å². The Morgan fingerprint density at radius 3 is 2.38 bits per heavy atom. The summed E-state index contributed by atoms with van der Waals surface area (Å²) in [6.07, 6.45) is -4.23. The SMILES string of the molecule is CNC(C)c1c(C)nn(CC(F)(F)F)c1C. The minimum atomic E-state index is -4.23. The molecule has 0 aliphatic heterocycles. The topological polar surface area (TPSA) is 29.9 Å². The molecular weight excluding hydrogens is 219 g/mol. The Bertz CT molecular complexity index is 368. The lowest BCUT2D eigenvalue weighted by Crippen LogP contribution is -2.20. The average Bonchev–Trinajstić information content (AvgIpc) is 2.38. The van der Waals surface area contributed by atoms with Crippen LogP contribution in [0.25, 0.3) is 0 Å². The van der Waals surface area contributed by atoms with Gasteiger partial charge in [0.25, 0.3) is 0 Å². The molecule has 1 atom stereocenters. The smallest absolute Gasteiger partial charge is 0.313 e. The zero-order valence-corrected chi connectivity index (χ0v) is 9.81. The summed E-state index contributed by atoms with van der Waals surface area (Å²) in [5.74, 6) is 0. The van der Waals surface area contributed by atoms with Gasteiger partial charge in [-0.15, -0.1) is 0 Å². The van der Waals surface area contributed by atoms with Crippen molar-refractivity contribution < 1.29 is 13.2 Å². The lowest BCUT2D eigenvalue weighted by atomic mass is 10.1. The molecule has 0 aliphatic rings. The standard InChI is InChI=1S/C10H16F3N3/c1-6(14-4)9-7(2)15-16(8(9)3)5-10(11,12)13/h6,14H,5H2,1-4H3. The number of nitrogens with one attached hydrogen (secondary N) is 1. The van der Waals surface area contributed by atoms with Gasteiger partial charge in [-0.2, -0.15) is 18.3 Å². The van der Waals surface area contributed by atoms with Crippen molar-refractivity contribution in [2.24, 2.45) is 0 Å². The van der Waals surface area contributed by atoms with Crippen molar-refractivity contribution in [1.29, 1.82) is 0 Å². The van der Waals surface area contributed by atoms with Gasteiger partial charge in [0.05, 0.1) is 5.69 Å². The lowest BCUT2D eigenvalue weighted by molar-refractivity contribution is -0.142. The first-order valence-electron chi connectivity index (χ1n) is 5.04. The Labute approximate surface area is 92.6 Å². The fraction of sp³-hybridized carbons (Fsp3) is 0.700. The molecule has 0 aromatic carbocycles. The predicted octanol–water partition coefficient (Wildman–Crippen LogP) is 2.34. The molecular formula is C10H16F3N3. The van der Waals surface area contributed by atoms with Crippen molar-refractivity contribution in [3.8, 4) is 0 Å². The van der Waals surface area contributed by atoms with E-state index in [1.165, 1.54) is 0 Å². The summed E-state index contributed by atoms with van der Waals surface area (Å²) in [5, 5.41) is 6.93. The largest absolute Gasteiger partial charge is 0.408 e. The van der Waals surface area contributed by atoms with E-state index in [4.69, 9.17) is 0 Å². The van der Waals surface area contributed by atoms with E-state index in [1.54, 1.807) is 20.9 Å². The maximum Gasteiger partial charge on any atom is 0.408 e. The number of hydrogen-bond acceptors (Lipinski definition) is 2. The van der Waals surface area contributed by atoms with Crippen molar-refractivity contribution >= 4 is 0 Å². The second kappa shape index (κ2) is 4.45. The molecule has 0 bridgehead atoms. The predicted molar refractivity (Wildman–Crippen MR) is 55.2 cm³/mol. The van der Waals surface area contributed by atoms with Crippen LogP contribution >= 0.6 is 0 Å². The first-order chi connectivity index (χ1) is 7.26. The molecule has 1 unspecified atom stereocenters. The van der Waals surface area contributed by atoms with Crippen molar-refractivity contribution in [3.05, 3.63) is 17.0 Å². The van der Waals surface area contributed by atoms with Crippen LogP contribution in [-0.2, 0) is 6.54 Å². The molecule has 1 aromatic rings. The summed E-state index contributed by atoms with van der Waals surface area (Å²) in [6, 6.07) is 0.00184. The van der Waals surface area contributed by atoms with Gasteiger partial charge in [0, 0.05) is 17.3 Å². The van der Waals surface area contributed by atoms with Gasteiger partial charge in [0.15, 0.2) is 0 Å². The Morgan fingerprint density at radius 1 is 1.38 bits per heavy atom. The third kappa shape index (κ3) is 2.75. The van der Waals surface area contributed by atoms with Gasteiger partial charge in [-0.05, 0) is 27.8 Å². The Balaban J connectivity index is 3.07. The van der Waals surface area contributed by atoms with Crippen molar-refractivity contribution in [2.45, 2.75) is 39.5 Å². The zero-order chi connectivity index (χ0) is 12.5. The van der Waals surface area contributed by atoms with Crippen LogP contribution in [0.3, 0.4) is 0 Å². The molecule has 3 nitrogen and oxygen atoms in total. The number of rotatable bonds is 3. The summed E-state index contributed by atoms with van der Waals surface area (Å²) in [6.45, 7) is 4.25. The number of aryl methyl sites for hydroxylation is 1. The molecule has 0 aliphatic carbocycles. The van der Waals surface area contributed by atoms with Crippen LogP contribution in [0.4, 0.5) is 13.2 Å². The third-order valence-electron chi connectivity index (χ3n) is 2.63. The van der Waals surface area contributed by atoms with E-state index in [1.807, 2.05) is 6.92 Å². The first-order valence-corrected chi connectivity index (χ1v) is 5.04. The number of nitrogens with zero attached hydrogens (tertiary/aromatic N) is 2. The summed E-state index contributed by atoms with van der Waals surface area (Å²) < 4.78 is 37.8. The third-order valence-corrected chi connectivity index (χ3v) is 2.63. The molecule has 0 fully saturated rings. The quantitative estimate of drug-likeness (QED) is 0.871. The van der Waals surface area contributed by atoms with Gasteiger partial charge in [-0.25, -0.2) is 0 Å². The number of hydrogen-bond donors (Lipinski definition) is 1. The van der Waals surface area contributed by atoms with E-state index < -0.39 is 12.7 Å². The molecule has 0 saturated heterocycles. The van der Waals surface area contributed by atoms with E-state index in [0.717, 1.165) is 10.2 Å². The molecule has 0 radical (unpaired) electrons. The highest BCUT2D eigenvalue weighted by molar-refractivity contribution is 5.27. The van der Waals surface area contributed by atoms with Gasteiger partial charge in [0.1, 0.15) is 6.54 Å². The van der Waals surface area contributed by atoms with Crippen LogP contribution in [0, 0.1) is 13.8 Å². The van der Waals surface area contributed by atoms with Crippen molar-refractivity contribution in [1.82, 2.24) is 15.1 Å². The van der Waals surface area contributed by atoms with E-state index in [0.29, 0.717) is 11.4 Å². The molecule has 1 N–H and O–H groups in total. The second-order valence-corrected chi connectivity index (χ2v) is 3.87. The van der Waals surface area contributed by atoms with Gasteiger partial charge < -0.3 is 5.32 Å². The van der Waals surface area contributed by atoms with Crippen molar-refractivity contribution in [3.63, 3.8) is 0 Å². The molecule has 16 heavy (non-hydrogen) atoms. The van der Waals surface area contributed by atoms with Crippen LogP contribution in [0.2, 0.25) is 0 Å². The molecule has 1 rings (SSSR count). The average molecular weight is 235 g/mol. The minimum absolute atomic E-state index is 0.00184. The Kier molecular flexibility index (Phi) is 3.62. The number of alkyl halides is 3. The van der Waals surface area contributed by atoms with Crippen LogP contribution in [0.1, 0.15) is 29.9 Å². The summed E-state index contributed by atoms with van der Waals surface area (Å²) in [7, 11) is 1.77. The molecule has 92 valence electrons. The van der Waals surface area contributed by atoms with E-state index in [-0.39, 0.29) is 6.04 Å². The van der Waals surface area contributed by atoms with E-state index in [2.05, 4.69) is 10.4 Å². The van der Waals surface area contributed by atoms with Gasteiger partial charge in [0.2, 0.25) is 0 Å². The molecule has 0 amide bonds. The van der Waals surface area contributed by atoms with Gasteiger partial charge in [-0.3, -0.25) is 4.68 Å². The molecule has 1 aromatic heterocycles. The molecule has 6 heteroatoms. The van der Waals surface area contributed by atoms with Crippen LogP contribution in [-0.4, -0.2) is 23.0 Å². The fourth-order valence-corrected chi connectivity index (χ4v) is 1.81. The van der Waals surface area contributed by atoms with Gasteiger partial charge >= 0.3 is 6.18 Å². The zero-order valence-electron chi connectivity index (χ0n) is 9.81. The fourth-order valence-electron chi connectivity index (χ4n) is 1.81. The van der Waals surface area contributed by atoms with E-state index in [9.17, 15) is 13.2 Å². The highest BCUT2D eigenvalue weighted by atomic mass is 19.4. The molecule has 0 spiro atoms. The summed E-state index contributed by atoms with van der Waals surface area (Å²) in [4.78, 5) is 0. The highest BCUT2D eigenvalue weighted by Crippen LogP contribution is 2.24. The van der Waals surface area contributed by atoms with Crippen LogP contribution in [0.15, 0.2) is 0 Å². The maximum atomic E-state index is 12.3. The number of halogens is 3. The van der Waals surface area contributed by atoms with Gasteiger partial charge in [-0.1, -0.05) is 0 Å². The second-order valence-electron chi connectivity index (χ2n) is 3.87. The summed E-state index contributed by atoms with van der Waals surface area (Å²) >= 11 is 0. The minimum Gasteiger partial charge on any atom is -0.313 e. The normalized spacial score (nSPS) is 14.2.